The van der Waals surface area contributed by atoms with Gasteiger partial charge in [-0.05, 0) is 24.1 Å². The van der Waals surface area contributed by atoms with E-state index in [2.05, 4.69) is 10.0 Å². The van der Waals surface area contributed by atoms with Crippen LogP contribution in [-0.2, 0) is 0 Å². The molecule has 0 bridgehead atoms. The highest BCUT2D eigenvalue weighted by atomic mass is 16.5. The second kappa shape index (κ2) is 7.19. The molecule has 0 aromatic heterocycles. The van der Waals surface area contributed by atoms with Crippen molar-refractivity contribution in [1.29, 1.82) is 0 Å². The van der Waals surface area contributed by atoms with E-state index in [0.29, 0.717) is 13.0 Å². The molecule has 0 aliphatic heterocycles. The van der Waals surface area contributed by atoms with Gasteiger partial charge >= 0.3 is 0 Å². The molecule has 5 heteroatoms. The molecule has 0 saturated heterocycles. The Balaban J connectivity index is 2.83. The molecule has 0 fully saturated rings. The molecular weight excluding hydrogens is 218 g/mol. The maximum absolute atomic E-state index is 8.14. The van der Waals surface area contributed by atoms with Gasteiger partial charge in [0.05, 0.1) is 19.8 Å². The fourth-order valence-electron chi connectivity index (χ4n) is 1.42. The topological polar surface area (TPSA) is 67.2 Å². The first-order valence-corrected chi connectivity index (χ1v) is 5.22. The fourth-order valence-corrected chi connectivity index (χ4v) is 1.42. The zero-order valence-corrected chi connectivity index (χ0v) is 9.96. The first-order valence-electron chi connectivity index (χ1n) is 5.22. The summed E-state index contributed by atoms with van der Waals surface area (Å²) in [7, 11) is 3.23. The van der Waals surface area contributed by atoms with Crippen molar-refractivity contribution in [2.45, 2.75) is 6.42 Å². The van der Waals surface area contributed by atoms with Gasteiger partial charge in [0.2, 0.25) is 0 Å². The fraction of sp³-hybridized carbons (Fsp3) is 0.333. The quantitative estimate of drug-likeness (QED) is 0.327. The second-order valence-corrected chi connectivity index (χ2v) is 3.22. The first-order chi connectivity index (χ1) is 8.33. The monoisotopic (exact) mass is 233 g/mol. The number of methoxy groups -OCH3 is 2. The molecule has 1 aromatic rings. The van der Waals surface area contributed by atoms with E-state index in [0.717, 1.165) is 17.1 Å². The maximum atomic E-state index is 8.14. The summed E-state index contributed by atoms with van der Waals surface area (Å²) in [6, 6.07) is 5.61. The Labute approximate surface area is 100 Å². The van der Waals surface area contributed by atoms with Crippen molar-refractivity contribution in [2.24, 2.45) is 5.11 Å². The summed E-state index contributed by atoms with van der Waals surface area (Å²) < 4.78 is 10.5. The van der Waals surface area contributed by atoms with Crippen LogP contribution in [0.4, 0.5) is 0 Å². The van der Waals surface area contributed by atoms with Gasteiger partial charge in [0.15, 0.2) is 0 Å². The standard InChI is InChI=1S/C12H15N3O2/c1-16-11-7-5-8-12(17-2)10(11)6-3-4-9-14-15-13/h3,5-8H,4,9H2,1-2H3. The minimum Gasteiger partial charge on any atom is -0.496 e. The normalized spacial score (nSPS) is 10.0. The summed E-state index contributed by atoms with van der Waals surface area (Å²) >= 11 is 0. The average molecular weight is 233 g/mol. The van der Waals surface area contributed by atoms with Gasteiger partial charge in [0.1, 0.15) is 11.5 Å². The number of rotatable bonds is 6. The summed E-state index contributed by atoms with van der Waals surface area (Å²) in [5, 5.41) is 3.45. The lowest BCUT2D eigenvalue weighted by Crippen LogP contribution is -1.91. The van der Waals surface area contributed by atoms with E-state index < -0.39 is 0 Å². The van der Waals surface area contributed by atoms with E-state index >= 15 is 0 Å². The van der Waals surface area contributed by atoms with Gasteiger partial charge in [-0.2, -0.15) is 0 Å². The summed E-state index contributed by atoms with van der Waals surface area (Å²) in [5.74, 6) is 1.51. The van der Waals surface area contributed by atoms with E-state index in [1.54, 1.807) is 14.2 Å². The summed E-state index contributed by atoms with van der Waals surface area (Å²) in [4.78, 5) is 2.69. The van der Waals surface area contributed by atoms with Crippen LogP contribution in [0.2, 0.25) is 0 Å². The number of azide groups is 1. The SMILES string of the molecule is COc1cccc(OC)c1C=CCCN=[N+]=[N-]. The lowest BCUT2D eigenvalue weighted by Gasteiger charge is -2.09. The molecule has 0 amide bonds. The van der Waals surface area contributed by atoms with Crippen molar-refractivity contribution in [3.8, 4) is 11.5 Å². The predicted molar refractivity (Wildman–Crippen MR) is 67.2 cm³/mol. The molecular formula is C12H15N3O2. The van der Waals surface area contributed by atoms with Gasteiger partial charge in [-0.3, -0.25) is 0 Å². The van der Waals surface area contributed by atoms with Crippen LogP contribution in [0.15, 0.2) is 29.4 Å². The van der Waals surface area contributed by atoms with Crippen LogP contribution >= 0.6 is 0 Å². The molecule has 5 nitrogen and oxygen atoms in total. The highest BCUT2D eigenvalue weighted by Gasteiger charge is 2.05. The Bertz CT molecular complexity index is 415. The van der Waals surface area contributed by atoms with Crippen molar-refractivity contribution in [1.82, 2.24) is 0 Å². The Morgan fingerprint density at radius 3 is 2.47 bits per heavy atom. The van der Waals surface area contributed by atoms with Crippen molar-refractivity contribution in [3.05, 3.63) is 40.3 Å². The third-order valence-electron chi connectivity index (χ3n) is 2.21. The van der Waals surface area contributed by atoms with Gasteiger partial charge in [-0.15, -0.1) is 0 Å². The zero-order valence-electron chi connectivity index (χ0n) is 9.96. The van der Waals surface area contributed by atoms with E-state index in [-0.39, 0.29) is 0 Å². The highest BCUT2D eigenvalue weighted by molar-refractivity contribution is 5.64. The van der Waals surface area contributed by atoms with E-state index in [1.165, 1.54) is 0 Å². The van der Waals surface area contributed by atoms with Crippen LogP contribution in [0, 0.1) is 0 Å². The molecule has 1 aromatic carbocycles. The molecule has 90 valence electrons. The van der Waals surface area contributed by atoms with Gasteiger partial charge in [-0.25, -0.2) is 0 Å². The average Bonchev–Trinajstić information content (AvgIpc) is 2.38. The van der Waals surface area contributed by atoms with Gasteiger partial charge < -0.3 is 9.47 Å². The Morgan fingerprint density at radius 2 is 1.94 bits per heavy atom. The molecule has 0 atom stereocenters. The lowest BCUT2D eigenvalue weighted by atomic mass is 10.1. The van der Waals surface area contributed by atoms with Crippen LogP contribution in [0.25, 0.3) is 16.5 Å². The second-order valence-electron chi connectivity index (χ2n) is 3.22. The number of nitrogens with zero attached hydrogens (tertiary/aromatic N) is 3. The number of hydrogen-bond acceptors (Lipinski definition) is 3. The number of ether oxygens (including phenoxy) is 2. The van der Waals surface area contributed by atoms with Crippen molar-refractivity contribution in [2.75, 3.05) is 20.8 Å². The summed E-state index contributed by atoms with van der Waals surface area (Å²) in [6.07, 6.45) is 4.52. The Hall–Kier alpha value is -2.13. The lowest BCUT2D eigenvalue weighted by molar-refractivity contribution is 0.392. The molecule has 0 heterocycles. The van der Waals surface area contributed by atoms with Crippen LogP contribution in [0.1, 0.15) is 12.0 Å². The third kappa shape index (κ3) is 3.74. The van der Waals surface area contributed by atoms with Crippen LogP contribution in [0.3, 0.4) is 0 Å². The van der Waals surface area contributed by atoms with Crippen molar-refractivity contribution in [3.63, 3.8) is 0 Å². The molecule has 0 radical (unpaired) electrons. The molecule has 0 spiro atoms. The third-order valence-corrected chi connectivity index (χ3v) is 2.21. The number of benzene rings is 1. The largest absolute Gasteiger partial charge is 0.496 e. The molecule has 1 rings (SSSR count). The van der Waals surface area contributed by atoms with Crippen molar-refractivity contribution < 1.29 is 9.47 Å². The van der Waals surface area contributed by atoms with Gasteiger partial charge in [0, 0.05) is 11.5 Å². The zero-order chi connectivity index (χ0) is 12.5. The molecule has 0 N–H and O–H groups in total. The molecule has 0 aliphatic rings. The van der Waals surface area contributed by atoms with E-state index in [9.17, 15) is 0 Å². The van der Waals surface area contributed by atoms with E-state index in [1.807, 2.05) is 30.4 Å². The Kier molecular flexibility index (Phi) is 5.47. The molecule has 17 heavy (non-hydrogen) atoms. The van der Waals surface area contributed by atoms with Crippen LogP contribution < -0.4 is 9.47 Å². The smallest absolute Gasteiger partial charge is 0.129 e. The van der Waals surface area contributed by atoms with Crippen LogP contribution in [-0.4, -0.2) is 20.8 Å². The summed E-state index contributed by atoms with van der Waals surface area (Å²) in [5.41, 5.74) is 9.03. The minimum atomic E-state index is 0.449. The predicted octanol–water partition coefficient (Wildman–Crippen LogP) is 3.42. The van der Waals surface area contributed by atoms with Gasteiger partial charge in [-0.1, -0.05) is 23.3 Å². The first kappa shape index (κ1) is 12.9. The van der Waals surface area contributed by atoms with Crippen molar-refractivity contribution >= 4 is 6.08 Å². The van der Waals surface area contributed by atoms with Crippen LogP contribution in [0.5, 0.6) is 11.5 Å². The number of hydrogen-bond donors (Lipinski definition) is 0. The summed E-state index contributed by atoms with van der Waals surface area (Å²) in [6.45, 7) is 0.449. The highest BCUT2D eigenvalue weighted by Crippen LogP contribution is 2.29. The molecule has 0 unspecified atom stereocenters. The maximum Gasteiger partial charge on any atom is 0.129 e. The van der Waals surface area contributed by atoms with Gasteiger partial charge in [0.25, 0.3) is 0 Å². The van der Waals surface area contributed by atoms with E-state index in [4.69, 9.17) is 15.0 Å². The molecule has 0 aliphatic carbocycles. The molecule has 0 saturated carbocycles. The minimum absolute atomic E-state index is 0.449. The Morgan fingerprint density at radius 1 is 1.29 bits per heavy atom.